The average Bonchev–Trinajstić information content (AvgIpc) is 3.14. The van der Waals surface area contributed by atoms with E-state index in [2.05, 4.69) is 0 Å². The fourth-order valence-electron chi connectivity index (χ4n) is 3.45. The van der Waals surface area contributed by atoms with Gasteiger partial charge in [0.15, 0.2) is 11.5 Å². The van der Waals surface area contributed by atoms with Crippen LogP contribution >= 0.6 is 23.4 Å². The van der Waals surface area contributed by atoms with Gasteiger partial charge in [-0.25, -0.2) is 9.18 Å². The number of rotatable bonds is 8. The highest BCUT2D eigenvalue weighted by molar-refractivity contribution is 8.18. The van der Waals surface area contributed by atoms with Gasteiger partial charge in [-0.05, 0) is 72.3 Å². The van der Waals surface area contributed by atoms with Crippen LogP contribution in [0.25, 0.3) is 6.08 Å². The third-order valence-electron chi connectivity index (χ3n) is 5.30. The highest BCUT2D eigenvalue weighted by Gasteiger charge is 2.35. The first-order chi connectivity index (χ1) is 18.2. The molecule has 0 atom stereocenters. The first kappa shape index (κ1) is 26.8. The van der Waals surface area contributed by atoms with E-state index < -0.39 is 27.9 Å². The molecule has 9 nitrogen and oxygen atoms in total. The smallest absolute Gasteiger partial charge is 0.343 e. The lowest BCUT2D eigenvalue weighted by atomic mass is 10.1. The van der Waals surface area contributed by atoms with Crippen LogP contribution in [0, 0.1) is 15.9 Å². The number of halogens is 2. The van der Waals surface area contributed by atoms with E-state index in [0.29, 0.717) is 11.1 Å². The third-order valence-corrected chi connectivity index (χ3v) is 6.56. The van der Waals surface area contributed by atoms with Crippen LogP contribution in [0.15, 0.2) is 65.6 Å². The number of imide groups is 1. The summed E-state index contributed by atoms with van der Waals surface area (Å²) in [5, 5.41) is 10.4. The minimum Gasteiger partial charge on any atom is -0.490 e. The van der Waals surface area contributed by atoms with Gasteiger partial charge in [0, 0.05) is 17.2 Å². The summed E-state index contributed by atoms with van der Waals surface area (Å²) in [4.78, 5) is 49.4. The van der Waals surface area contributed by atoms with E-state index in [4.69, 9.17) is 21.1 Å². The van der Waals surface area contributed by atoms with Gasteiger partial charge < -0.3 is 9.47 Å². The number of carbonyl (C=O) groups is 3. The summed E-state index contributed by atoms with van der Waals surface area (Å²) in [5.74, 6) is -1.48. The second-order valence-electron chi connectivity index (χ2n) is 7.84. The van der Waals surface area contributed by atoms with Crippen molar-refractivity contribution >= 4 is 52.2 Å². The molecule has 12 heteroatoms. The summed E-state index contributed by atoms with van der Waals surface area (Å²) in [5.41, 5.74) is 0.881. The van der Waals surface area contributed by atoms with Gasteiger partial charge in [-0.1, -0.05) is 23.7 Å². The number of thioether (sulfide) groups is 1. The molecule has 0 aliphatic carbocycles. The van der Waals surface area contributed by atoms with Gasteiger partial charge in [-0.15, -0.1) is 0 Å². The topological polar surface area (TPSA) is 116 Å². The van der Waals surface area contributed by atoms with Crippen molar-refractivity contribution in [2.45, 2.75) is 13.5 Å². The Balaban J connectivity index is 1.52. The van der Waals surface area contributed by atoms with Crippen LogP contribution < -0.4 is 9.47 Å². The van der Waals surface area contributed by atoms with Gasteiger partial charge in [-0.3, -0.25) is 24.6 Å². The van der Waals surface area contributed by atoms with Gasteiger partial charge in [0.05, 0.1) is 28.5 Å². The predicted molar refractivity (Wildman–Crippen MR) is 139 cm³/mol. The van der Waals surface area contributed by atoms with Crippen molar-refractivity contribution in [2.75, 3.05) is 6.61 Å². The molecule has 1 heterocycles. The van der Waals surface area contributed by atoms with Crippen molar-refractivity contribution < 1.29 is 33.2 Å². The number of carbonyl (C=O) groups excluding carboxylic acids is 3. The Morgan fingerprint density at radius 1 is 1.11 bits per heavy atom. The van der Waals surface area contributed by atoms with Gasteiger partial charge in [0.2, 0.25) is 0 Å². The van der Waals surface area contributed by atoms with Crippen LogP contribution in [0.4, 0.5) is 14.9 Å². The Hall–Kier alpha value is -4.22. The predicted octanol–water partition coefficient (Wildman–Crippen LogP) is 6.24. The third kappa shape index (κ3) is 6.01. The van der Waals surface area contributed by atoms with Crippen LogP contribution in [0.5, 0.6) is 11.5 Å². The molecule has 3 aromatic carbocycles. The number of nitrogens with zero attached hydrogens (tertiary/aromatic N) is 2. The van der Waals surface area contributed by atoms with Crippen LogP contribution in [0.2, 0.25) is 5.02 Å². The number of benzene rings is 3. The first-order valence-corrected chi connectivity index (χ1v) is 12.3. The van der Waals surface area contributed by atoms with Crippen molar-refractivity contribution in [1.29, 1.82) is 0 Å². The molecule has 0 N–H and O–H groups in total. The molecule has 0 bridgehead atoms. The molecule has 1 saturated heterocycles. The monoisotopic (exact) mass is 556 g/mol. The molecule has 1 fully saturated rings. The Morgan fingerprint density at radius 2 is 1.84 bits per heavy atom. The fraction of sp³-hybridized carbons (Fsp3) is 0.115. The Kier molecular flexibility index (Phi) is 8.08. The lowest BCUT2D eigenvalue weighted by Crippen LogP contribution is -2.27. The van der Waals surface area contributed by atoms with Crippen LogP contribution in [-0.4, -0.2) is 33.5 Å². The molecule has 4 rings (SSSR count). The maximum atomic E-state index is 13.3. The number of hydrogen-bond donors (Lipinski definition) is 0. The number of nitro benzene ring substituents is 1. The maximum absolute atomic E-state index is 13.3. The zero-order valence-electron chi connectivity index (χ0n) is 19.7. The molecular weight excluding hydrogens is 539 g/mol. The van der Waals surface area contributed by atoms with Crippen LogP contribution in [-0.2, 0) is 11.3 Å². The fourth-order valence-corrected chi connectivity index (χ4v) is 4.52. The molecule has 0 saturated carbocycles. The van der Waals surface area contributed by atoms with Crippen LogP contribution in [0.1, 0.15) is 28.4 Å². The van der Waals surface area contributed by atoms with Crippen molar-refractivity contribution in [2.24, 2.45) is 0 Å². The summed E-state index contributed by atoms with van der Waals surface area (Å²) in [7, 11) is 0. The lowest BCUT2D eigenvalue weighted by molar-refractivity contribution is -0.384. The highest BCUT2D eigenvalue weighted by atomic mass is 35.5. The summed E-state index contributed by atoms with van der Waals surface area (Å²) in [6.07, 6.45) is 1.50. The average molecular weight is 557 g/mol. The molecule has 0 radical (unpaired) electrons. The van der Waals surface area contributed by atoms with E-state index in [1.807, 2.05) is 0 Å². The van der Waals surface area contributed by atoms with Gasteiger partial charge in [0.25, 0.3) is 16.8 Å². The zero-order valence-corrected chi connectivity index (χ0v) is 21.3. The van der Waals surface area contributed by atoms with Crippen molar-refractivity contribution in [3.8, 4) is 11.5 Å². The second-order valence-corrected chi connectivity index (χ2v) is 9.24. The van der Waals surface area contributed by atoms with E-state index in [-0.39, 0.29) is 45.8 Å². The molecule has 2 amide bonds. The van der Waals surface area contributed by atoms with Crippen molar-refractivity contribution in [1.82, 2.24) is 4.90 Å². The van der Waals surface area contributed by atoms with E-state index in [9.17, 15) is 28.9 Å². The maximum Gasteiger partial charge on any atom is 0.343 e. The second kappa shape index (κ2) is 11.4. The first-order valence-electron chi connectivity index (χ1n) is 11.1. The van der Waals surface area contributed by atoms with Crippen LogP contribution in [0.3, 0.4) is 0 Å². The molecule has 0 spiro atoms. The SMILES string of the molecule is CCOc1cc(/C=C2\SC(=O)N(Cc3ccc(F)cc3Cl)C2=O)ccc1OC(=O)c1ccc([N+](=O)[O-])cc1. The number of esters is 1. The number of nitro groups is 1. The van der Waals surface area contributed by atoms with Gasteiger partial charge in [-0.2, -0.15) is 0 Å². The van der Waals surface area contributed by atoms with Crippen molar-refractivity contribution in [3.05, 3.63) is 103 Å². The quantitative estimate of drug-likeness (QED) is 0.105. The van der Waals surface area contributed by atoms with Gasteiger partial charge >= 0.3 is 5.97 Å². The zero-order chi connectivity index (χ0) is 27.4. The Morgan fingerprint density at radius 3 is 2.50 bits per heavy atom. The molecule has 194 valence electrons. The minimum absolute atomic E-state index is 0.103. The lowest BCUT2D eigenvalue weighted by Gasteiger charge is -2.13. The number of ether oxygens (including phenoxy) is 2. The van der Waals surface area contributed by atoms with E-state index >= 15 is 0 Å². The van der Waals surface area contributed by atoms with E-state index in [0.717, 1.165) is 22.7 Å². The highest BCUT2D eigenvalue weighted by Crippen LogP contribution is 2.36. The standard InChI is InChI=1S/C26H18ClFN2O7S/c1-2-36-22-11-15(3-10-21(22)37-25(32)16-5-8-19(9-6-16)30(34)35)12-23-24(31)29(26(33)38-23)14-17-4-7-18(28)13-20(17)27/h3-13H,2,14H2,1H3/b23-12-. The van der Waals surface area contributed by atoms with E-state index in [1.54, 1.807) is 19.1 Å². The summed E-state index contributed by atoms with van der Waals surface area (Å²) < 4.78 is 24.3. The Labute approximate surface area is 224 Å². The minimum atomic E-state index is -0.742. The molecule has 38 heavy (non-hydrogen) atoms. The van der Waals surface area contributed by atoms with Crippen molar-refractivity contribution in [3.63, 3.8) is 0 Å². The summed E-state index contributed by atoms with van der Waals surface area (Å²) >= 11 is 6.79. The molecule has 3 aromatic rings. The number of hydrogen-bond acceptors (Lipinski definition) is 8. The Bertz CT molecular complexity index is 1480. The summed E-state index contributed by atoms with van der Waals surface area (Å²) in [6.45, 7) is 1.88. The molecule has 1 aliphatic heterocycles. The molecule has 0 aromatic heterocycles. The van der Waals surface area contributed by atoms with E-state index in [1.165, 1.54) is 48.5 Å². The number of amides is 2. The molecular formula is C26H18ClFN2O7S. The normalized spacial score (nSPS) is 14.2. The summed E-state index contributed by atoms with van der Waals surface area (Å²) in [6, 6.07) is 13.3. The number of non-ortho nitro benzene ring substituents is 1. The van der Waals surface area contributed by atoms with Gasteiger partial charge in [0.1, 0.15) is 5.82 Å². The molecule has 0 unspecified atom stereocenters. The molecule has 1 aliphatic rings. The largest absolute Gasteiger partial charge is 0.490 e.